The molecule has 3 aliphatic carbocycles. The van der Waals surface area contributed by atoms with Gasteiger partial charge in [-0.1, -0.05) is 27.5 Å². The highest BCUT2D eigenvalue weighted by Gasteiger charge is 2.67. The lowest BCUT2D eigenvalue weighted by Crippen LogP contribution is -2.39. The first-order chi connectivity index (χ1) is 35.1. The highest BCUT2D eigenvalue weighted by molar-refractivity contribution is 9.09. The number of fused-ring (bicyclic) bond motifs is 5. The number of nitrogens with zero attached hydrogens (tertiary/aromatic N) is 8. The molecule has 0 unspecified atom stereocenters. The van der Waals surface area contributed by atoms with Crippen molar-refractivity contribution in [3.05, 3.63) is 97.4 Å². The van der Waals surface area contributed by atoms with Gasteiger partial charge in [-0.15, -0.1) is 0 Å². The van der Waals surface area contributed by atoms with Crippen LogP contribution in [0.15, 0.2) is 41.2 Å². The van der Waals surface area contributed by atoms with Crippen molar-refractivity contribution in [2.45, 2.75) is 87.8 Å². The number of benzene rings is 2. The fraction of sp³-hybridized carbons (Fsp3) is 0.489. The predicted octanol–water partition coefficient (Wildman–Crippen LogP) is 8.31. The molecule has 2 saturated carbocycles. The summed E-state index contributed by atoms with van der Waals surface area (Å²) in [5.41, 5.74) is -2.71. The zero-order valence-electron chi connectivity index (χ0n) is 39.3. The molecular weight excluding hydrogens is 1100 g/mol. The molecule has 5 heterocycles. The summed E-state index contributed by atoms with van der Waals surface area (Å²) in [6.07, 6.45) is -3.78. The number of hydrogen-bond acceptors (Lipinski definition) is 11. The van der Waals surface area contributed by atoms with Crippen LogP contribution in [0, 0.1) is 17.6 Å². The van der Waals surface area contributed by atoms with Gasteiger partial charge in [0.1, 0.15) is 40.8 Å². The number of carbonyl (C=O) groups is 1. The minimum Gasteiger partial charge on any atom is -0.383 e. The molecule has 396 valence electrons. The molecule has 4 aromatic heterocycles. The molecule has 4 aliphatic rings. The number of morpholine rings is 1. The second-order valence-electron chi connectivity index (χ2n) is 19.1. The number of aromatic nitrogens is 7. The highest BCUT2D eigenvalue weighted by atomic mass is 79.9. The van der Waals surface area contributed by atoms with Crippen molar-refractivity contribution in [1.82, 2.24) is 44.3 Å². The Hall–Kier alpha value is -5.44. The zero-order chi connectivity index (χ0) is 52.6. The van der Waals surface area contributed by atoms with Gasteiger partial charge >= 0.3 is 0 Å². The number of halogens is 10. The molecule has 0 bridgehead atoms. The van der Waals surface area contributed by atoms with E-state index < -0.39 is 112 Å². The standard InChI is InChI=1S/C47H47BrClF8N11O5S/c1-74(71,72)64-43-36-29(49)2-3-33(39(36)66(63-43)10-8-48)68-44(61-42-37(45(68)70)31(58-9-11-65-12-14-73-15-13-65)21-30(60-42)24-4-6-46(54,55)7-5-24)32(18-23-16-25(50)19-26(51)17-23)59-34(69)22-67-40-35(38(62-67)41(52)53)27-20-28(27)47(40,56)57/h2-3,16-17,19,21,24,27-28,32,41H,4-15,18,20,22H2,1H3,(H,58,60)(H,59,69)(H,63,64)/t27-,28+,32-/m0/s1. The third kappa shape index (κ3) is 10.2. The van der Waals surface area contributed by atoms with Crippen molar-refractivity contribution in [1.29, 1.82) is 0 Å². The van der Waals surface area contributed by atoms with Gasteiger partial charge in [-0.05, 0) is 61.1 Å². The van der Waals surface area contributed by atoms with Gasteiger partial charge in [0.05, 0.1) is 59.4 Å². The van der Waals surface area contributed by atoms with Crippen LogP contribution in [0.1, 0.15) is 90.4 Å². The average molecular weight is 1150 g/mol. The van der Waals surface area contributed by atoms with Crippen LogP contribution >= 0.6 is 27.5 Å². The first-order valence-corrected chi connectivity index (χ1v) is 27.1. The molecule has 6 aromatic rings. The maximum Gasteiger partial charge on any atom is 0.293 e. The molecule has 3 N–H and O–H groups in total. The summed E-state index contributed by atoms with van der Waals surface area (Å²) < 4.78 is 156. The number of anilines is 2. The number of pyridine rings is 1. The summed E-state index contributed by atoms with van der Waals surface area (Å²) in [6.45, 7) is 2.01. The second-order valence-corrected chi connectivity index (χ2v) is 22.1. The van der Waals surface area contributed by atoms with Gasteiger partial charge < -0.3 is 15.4 Å². The molecule has 0 spiro atoms. The predicted molar refractivity (Wildman–Crippen MR) is 260 cm³/mol. The van der Waals surface area contributed by atoms with E-state index in [2.05, 4.69) is 46.4 Å². The van der Waals surface area contributed by atoms with Crippen LogP contribution in [-0.4, -0.2) is 110 Å². The van der Waals surface area contributed by atoms with Crippen molar-refractivity contribution in [3.63, 3.8) is 0 Å². The fourth-order valence-electron chi connectivity index (χ4n) is 10.6. The van der Waals surface area contributed by atoms with Crippen molar-refractivity contribution in [2.75, 3.05) is 61.0 Å². The summed E-state index contributed by atoms with van der Waals surface area (Å²) in [4.78, 5) is 42.3. The maximum absolute atomic E-state index is 15.9. The normalized spacial score (nSPS) is 20.0. The quantitative estimate of drug-likeness (QED) is 0.0590. The van der Waals surface area contributed by atoms with Crippen molar-refractivity contribution in [2.24, 2.45) is 5.92 Å². The van der Waals surface area contributed by atoms with E-state index in [1.807, 2.05) is 0 Å². The van der Waals surface area contributed by atoms with E-state index in [9.17, 15) is 30.8 Å². The topological polar surface area (TPSA) is 183 Å². The van der Waals surface area contributed by atoms with Crippen molar-refractivity contribution in [3.8, 4) is 5.69 Å². The Balaban J connectivity index is 1.20. The molecule has 0 radical (unpaired) electrons. The number of carbonyl (C=O) groups excluding carboxylic acids is 1. The van der Waals surface area contributed by atoms with Crippen LogP contribution in [-0.2, 0) is 45.0 Å². The number of sulfonamides is 1. The molecule has 3 fully saturated rings. The zero-order valence-corrected chi connectivity index (χ0v) is 42.4. The molecule has 10 rings (SSSR count). The van der Waals surface area contributed by atoms with Crippen LogP contribution < -0.4 is 20.9 Å². The van der Waals surface area contributed by atoms with Crippen LogP contribution in [0.5, 0.6) is 0 Å². The van der Waals surface area contributed by atoms with Crippen LogP contribution in [0.2, 0.25) is 5.02 Å². The number of amides is 1. The number of alkyl halides is 7. The fourth-order valence-corrected chi connectivity index (χ4v) is 11.7. The largest absolute Gasteiger partial charge is 0.383 e. The van der Waals surface area contributed by atoms with Crippen molar-refractivity contribution < 1.29 is 53.1 Å². The Labute approximate surface area is 430 Å². The molecule has 16 nitrogen and oxygen atoms in total. The van der Waals surface area contributed by atoms with Gasteiger partial charge in [-0.25, -0.2) is 44.7 Å². The molecule has 1 amide bonds. The molecule has 74 heavy (non-hydrogen) atoms. The Kier molecular flexibility index (Phi) is 14.0. The minimum atomic E-state index is -4.01. The molecule has 1 saturated heterocycles. The van der Waals surface area contributed by atoms with Crippen LogP contribution in [0.4, 0.5) is 46.6 Å². The summed E-state index contributed by atoms with van der Waals surface area (Å²) in [5, 5.41) is 14.4. The smallest absolute Gasteiger partial charge is 0.293 e. The lowest BCUT2D eigenvalue weighted by molar-refractivity contribution is -0.123. The van der Waals surface area contributed by atoms with Crippen molar-refractivity contribution >= 4 is 76.9 Å². The summed E-state index contributed by atoms with van der Waals surface area (Å²) in [5.74, 6) is -12.9. The van der Waals surface area contributed by atoms with Gasteiger partial charge in [-0.3, -0.25) is 33.1 Å². The minimum absolute atomic E-state index is 0.0154. The summed E-state index contributed by atoms with van der Waals surface area (Å²) in [6, 6.07) is 5.21. The Morgan fingerprint density at radius 3 is 2.36 bits per heavy atom. The molecule has 3 atom stereocenters. The van der Waals surface area contributed by atoms with Gasteiger partial charge in [0.2, 0.25) is 21.9 Å². The number of aryl methyl sites for hydroxylation is 1. The van der Waals surface area contributed by atoms with E-state index in [0.717, 1.165) is 23.0 Å². The van der Waals surface area contributed by atoms with E-state index in [1.54, 1.807) is 6.07 Å². The van der Waals surface area contributed by atoms with Gasteiger partial charge in [0, 0.05) is 79.9 Å². The van der Waals surface area contributed by atoms with Crippen LogP contribution in [0.25, 0.3) is 27.6 Å². The second kappa shape index (κ2) is 19.9. The summed E-state index contributed by atoms with van der Waals surface area (Å²) >= 11 is 10.2. The number of rotatable bonds is 17. The molecule has 27 heteroatoms. The first kappa shape index (κ1) is 52.0. The summed E-state index contributed by atoms with van der Waals surface area (Å²) in [7, 11) is -4.01. The number of hydrogen-bond donors (Lipinski definition) is 3. The van der Waals surface area contributed by atoms with Gasteiger partial charge in [0.15, 0.2) is 11.5 Å². The van der Waals surface area contributed by atoms with E-state index in [0.29, 0.717) is 49.3 Å². The van der Waals surface area contributed by atoms with Gasteiger partial charge in [-0.2, -0.15) is 19.0 Å². The van der Waals surface area contributed by atoms with E-state index in [-0.39, 0.29) is 98.8 Å². The Bertz CT molecular complexity index is 3340. The molecular formula is C47H47BrClF8N11O5S. The highest BCUT2D eigenvalue weighted by Crippen LogP contribution is 2.68. The lowest BCUT2D eigenvalue weighted by atomic mass is 9.84. The third-order valence-electron chi connectivity index (χ3n) is 14.0. The number of nitrogens with one attached hydrogen (secondary N) is 3. The Morgan fingerprint density at radius 2 is 1.69 bits per heavy atom. The third-order valence-corrected chi connectivity index (χ3v) is 15.2. The lowest BCUT2D eigenvalue weighted by Gasteiger charge is -2.29. The van der Waals surface area contributed by atoms with Crippen LogP contribution in [0.3, 0.4) is 0 Å². The van der Waals surface area contributed by atoms with E-state index in [1.165, 1.54) is 16.8 Å². The monoisotopic (exact) mass is 1140 g/mol. The molecule has 1 aliphatic heterocycles. The number of ether oxygens (including phenoxy) is 1. The first-order valence-electron chi connectivity index (χ1n) is 23.7. The van der Waals surface area contributed by atoms with Gasteiger partial charge in [0.25, 0.3) is 17.9 Å². The molecule has 2 aromatic carbocycles. The average Bonchev–Trinajstić information content (AvgIpc) is 3.85. The Morgan fingerprint density at radius 1 is 0.973 bits per heavy atom. The maximum atomic E-state index is 15.9. The SMILES string of the molecule is CS(=O)(=O)Nc1nn(CCBr)c2c(-n3c([C@H](Cc4cc(F)cc(F)c4)NC(=O)Cn4nc(C(F)F)c5c4C(F)(F)[C@@H]4C[C@H]54)nc4nc(C5CCC(F)(F)CC5)cc(NCCN5CCOCC5)c4c3=O)ccc(Cl)c12. The van der Waals surface area contributed by atoms with E-state index in [4.69, 9.17) is 26.3 Å². The van der Waals surface area contributed by atoms with E-state index >= 15 is 22.4 Å².